The minimum atomic E-state index is 0.534. The minimum Gasteiger partial charge on any atom is -0.384 e. The molecule has 88 valence electrons. The number of hydrogen-bond acceptors (Lipinski definition) is 4. The van der Waals surface area contributed by atoms with Gasteiger partial charge in [0.25, 0.3) is 0 Å². The van der Waals surface area contributed by atoms with Crippen LogP contribution in [-0.2, 0) is 6.54 Å². The van der Waals surface area contributed by atoms with Gasteiger partial charge < -0.3 is 10.6 Å². The molecule has 0 aliphatic heterocycles. The maximum Gasteiger partial charge on any atom is 0.131 e. The van der Waals surface area contributed by atoms with E-state index >= 15 is 0 Å². The van der Waals surface area contributed by atoms with Crippen molar-refractivity contribution in [1.82, 2.24) is 9.97 Å². The topological polar surface area (TPSA) is 55.0 Å². The Morgan fingerprint density at radius 1 is 1.12 bits per heavy atom. The van der Waals surface area contributed by atoms with Crippen LogP contribution < -0.4 is 10.6 Å². The number of nitrogen functional groups attached to an aromatic ring is 1. The molecule has 0 aliphatic carbocycles. The molecule has 0 aliphatic rings. The van der Waals surface area contributed by atoms with Gasteiger partial charge in [-0.05, 0) is 31.2 Å². The summed E-state index contributed by atoms with van der Waals surface area (Å²) in [6.07, 6.45) is 0. The summed E-state index contributed by atoms with van der Waals surface area (Å²) in [7, 11) is 1.98. The predicted molar refractivity (Wildman–Crippen MR) is 69.7 cm³/mol. The maximum atomic E-state index is 5.66. The first kappa shape index (κ1) is 11.4. The van der Waals surface area contributed by atoms with Gasteiger partial charge in [-0.25, -0.2) is 4.98 Å². The van der Waals surface area contributed by atoms with Crippen molar-refractivity contribution in [3.8, 4) is 0 Å². The highest BCUT2D eigenvalue weighted by atomic mass is 15.2. The fraction of sp³-hybridized carbons (Fsp3) is 0.231. The largest absolute Gasteiger partial charge is 0.384 e. The summed E-state index contributed by atoms with van der Waals surface area (Å²) in [4.78, 5) is 10.8. The third-order valence-electron chi connectivity index (χ3n) is 2.49. The molecule has 2 heterocycles. The first-order valence-corrected chi connectivity index (χ1v) is 5.51. The van der Waals surface area contributed by atoms with E-state index in [0.29, 0.717) is 5.82 Å². The van der Waals surface area contributed by atoms with E-state index in [0.717, 1.165) is 23.8 Å². The number of nitrogens with zero attached hydrogens (tertiary/aromatic N) is 3. The van der Waals surface area contributed by atoms with E-state index in [2.05, 4.69) is 9.97 Å². The summed E-state index contributed by atoms with van der Waals surface area (Å²) < 4.78 is 0. The summed E-state index contributed by atoms with van der Waals surface area (Å²) in [6.45, 7) is 2.71. The van der Waals surface area contributed by atoms with Gasteiger partial charge in [0.15, 0.2) is 0 Å². The second kappa shape index (κ2) is 4.82. The van der Waals surface area contributed by atoms with Gasteiger partial charge in [-0.15, -0.1) is 0 Å². The normalized spacial score (nSPS) is 10.2. The van der Waals surface area contributed by atoms with E-state index in [1.165, 1.54) is 0 Å². The molecule has 2 aromatic heterocycles. The third-order valence-corrected chi connectivity index (χ3v) is 2.49. The molecule has 0 spiro atoms. The number of aromatic nitrogens is 2. The lowest BCUT2D eigenvalue weighted by Crippen LogP contribution is -2.18. The van der Waals surface area contributed by atoms with Crippen LogP contribution in [-0.4, -0.2) is 17.0 Å². The fourth-order valence-electron chi connectivity index (χ4n) is 1.66. The predicted octanol–water partition coefficient (Wildman–Crippen LogP) is 2.00. The Morgan fingerprint density at radius 3 is 2.59 bits per heavy atom. The fourth-order valence-corrected chi connectivity index (χ4v) is 1.66. The average Bonchev–Trinajstić information content (AvgIpc) is 2.29. The maximum absolute atomic E-state index is 5.66. The van der Waals surface area contributed by atoms with E-state index in [1.807, 2.05) is 49.2 Å². The Kier molecular flexibility index (Phi) is 3.23. The van der Waals surface area contributed by atoms with Gasteiger partial charge in [-0.2, -0.15) is 0 Å². The Hall–Kier alpha value is -2.10. The van der Waals surface area contributed by atoms with Crippen LogP contribution in [0.2, 0.25) is 0 Å². The zero-order valence-electron chi connectivity index (χ0n) is 10.1. The second-order valence-corrected chi connectivity index (χ2v) is 4.05. The van der Waals surface area contributed by atoms with Crippen LogP contribution in [0, 0.1) is 6.92 Å². The molecular weight excluding hydrogens is 212 g/mol. The summed E-state index contributed by atoms with van der Waals surface area (Å²) >= 11 is 0. The van der Waals surface area contributed by atoms with Gasteiger partial charge >= 0.3 is 0 Å². The molecule has 0 amide bonds. The van der Waals surface area contributed by atoms with Crippen LogP contribution >= 0.6 is 0 Å². The van der Waals surface area contributed by atoms with Crippen LogP contribution in [0.3, 0.4) is 0 Å². The van der Waals surface area contributed by atoms with E-state index in [1.54, 1.807) is 6.07 Å². The van der Waals surface area contributed by atoms with Gasteiger partial charge in [0, 0.05) is 12.7 Å². The second-order valence-electron chi connectivity index (χ2n) is 4.05. The van der Waals surface area contributed by atoms with Crippen molar-refractivity contribution in [2.75, 3.05) is 17.7 Å². The lowest BCUT2D eigenvalue weighted by molar-refractivity contribution is 0.860. The van der Waals surface area contributed by atoms with Gasteiger partial charge in [0.1, 0.15) is 11.6 Å². The number of hydrogen-bond donors (Lipinski definition) is 1. The van der Waals surface area contributed by atoms with Gasteiger partial charge in [-0.3, -0.25) is 4.98 Å². The molecule has 0 saturated carbocycles. The summed E-state index contributed by atoms with van der Waals surface area (Å²) in [5.41, 5.74) is 7.71. The van der Waals surface area contributed by atoms with Crippen molar-refractivity contribution in [3.63, 3.8) is 0 Å². The quantitative estimate of drug-likeness (QED) is 0.873. The van der Waals surface area contributed by atoms with Crippen LogP contribution in [0.4, 0.5) is 11.6 Å². The van der Waals surface area contributed by atoms with E-state index in [-0.39, 0.29) is 0 Å². The van der Waals surface area contributed by atoms with Gasteiger partial charge in [0.2, 0.25) is 0 Å². The van der Waals surface area contributed by atoms with Crippen molar-refractivity contribution >= 4 is 11.6 Å². The molecular formula is C13H16N4. The molecule has 0 atom stereocenters. The van der Waals surface area contributed by atoms with E-state index < -0.39 is 0 Å². The number of aryl methyl sites for hydroxylation is 1. The van der Waals surface area contributed by atoms with Crippen molar-refractivity contribution in [2.24, 2.45) is 0 Å². The molecule has 0 unspecified atom stereocenters. The molecule has 0 aromatic carbocycles. The van der Waals surface area contributed by atoms with Crippen molar-refractivity contribution in [3.05, 3.63) is 47.8 Å². The van der Waals surface area contributed by atoms with E-state index in [9.17, 15) is 0 Å². The average molecular weight is 228 g/mol. The SMILES string of the molecule is Cc1cccc(CN(C)c2cccc(N)n2)n1. The van der Waals surface area contributed by atoms with Crippen LogP contribution in [0.5, 0.6) is 0 Å². The highest BCUT2D eigenvalue weighted by Gasteiger charge is 2.04. The Morgan fingerprint density at radius 2 is 1.88 bits per heavy atom. The molecule has 0 fully saturated rings. The first-order valence-electron chi connectivity index (χ1n) is 5.51. The van der Waals surface area contributed by atoms with Crippen molar-refractivity contribution < 1.29 is 0 Å². The Labute approximate surface area is 101 Å². The molecule has 4 nitrogen and oxygen atoms in total. The Balaban J connectivity index is 2.14. The summed E-state index contributed by atoms with van der Waals surface area (Å²) in [5, 5.41) is 0. The molecule has 2 rings (SSSR count). The first-order chi connectivity index (χ1) is 8.15. The molecule has 2 aromatic rings. The molecule has 0 saturated heterocycles. The van der Waals surface area contributed by atoms with Gasteiger partial charge in [-0.1, -0.05) is 12.1 Å². The number of pyridine rings is 2. The third kappa shape index (κ3) is 2.93. The monoisotopic (exact) mass is 228 g/mol. The standard InChI is InChI=1S/C13H16N4/c1-10-5-3-6-11(15-10)9-17(2)13-8-4-7-12(14)16-13/h3-8H,9H2,1-2H3,(H2,14,16). The number of nitrogens with two attached hydrogens (primary N) is 1. The zero-order chi connectivity index (χ0) is 12.3. The van der Waals surface area contributed by atoms with Crippen LogP contribution in [0.25, 0.3) is 0 Å². The van der Waals surface area contributed by atoms with Crippen LogP contribution in [0.15, 0.2) is 36.4 Å². The van der Waals surface area contributed by atoms with Gasteiger partial charge in [0.05, 0.1) is 12.2 Å². The van der Waals surface area contributed by atoms with Crippen molar-refractivity contribution in [1.29, 1.82) is 0 Å². The van der Waals surface area contributed by atoms with E-state index in [4.69, 9.17) is 5.73 Å². The van der Waals surface area contributed by atoms with Crippen LogP contribution in [0.1, 0.15) is 11.4 Å². The zero-order valence-corrected chi connectivity index (χ0v) is 10.1. The molecule has 0 bridgehead atoms. The number of anilines is 2. The number of rotatable bonds is 3. The summed E-state index contributed by atoms with van der Waals surface area (Å²) in [6, 6.07) is 11.6. The molecule has 17 heavy (non-hydrogen) atoms. The summed E-state index contributed by atoms with van der Waals surface area (Å²) in [5.74, 6) is 1.39. The highest BCUT2D eigenvalue weighted by molar-refractivity contribution is 5.44. The van der Waals surface area contributed by atoms with Crippen molar-refractivity contribution in [2.45, 2.75) is 13.5 Å². The highest BCUT2D eigenvalue weighted by Crippen LogP contribution is 2.13. The molecule has 4 heteroatoms. The smallest absolute Gasteiger partial charge is 0.131 e. The Bertz CT molecular complexity index is 510. The lowest BCUT2D eigenvalue weighted by atomic mass is 10.3. The molecule has 0 radical (unpaired) electrons. The molecule has 2 N–H and O–H groups in total. The lowest BCUT2D eigenvalue weighted by Gasteiger charge is -2.18. The minimum absolute atomic E-state index is 0.534.